The average Bonchev–Trinajstić information content (AvgIpc) is 3.14. The minimum atomic E-state index is -0.565. The van der Waals surface area contributed by atoms with Crippen molar-refractivity contribution in [1.82, 2.24) is 15.1 Å². The van der Waals surface area contributed by atoms with Crippen LogP contribution in [0.5, 0.6) is 0 Å². The number of halogens is 3. The Bertz CT molecular complexity index is 938. The molecule has 3 aromatic rings. The molecule has 0 saturated carbocycles. The van der Waals surface area contributed by atoms with E-state index in [0.717, 1.165) is 48.8 Å². The first-order valence-corrected chi connectivity index (χ1v) is 9.05. The second kappa shape index (κ2) is 7.56. The summed E-state index contributed by atoms with van der Waals surface area (Å²) in [6.07, 6.45) is 3.67. The molecule has 27 heavy (non-hydrogen) atoms. The number of nitrogens with zero attached hydrogens (tertiary/aromatic N) is 2. The summed E-state index contributed by atoms with van der Waals surface area (Å²) >= 11 is 0. The summed E-state index contributed by atoms with van der Waals surface area (Å²) in [6.45, 7) is 2.03. The maximum Gasteiger partial charge on any atom is 0.130 e. The highest BCUT2D eigenvalue weighted by molar-refractivity contribution is 5.65. The largest absolute Gasteiger partial charge is 0.298 e. The number of aromatic amines is 1. The smallest absolute Gasteiger partial charge is 0.130 e. The molecule has 1 fully saturated rings. The van der Waals surface area contributed by atoms with Crippen LogP contribution in [0.15, 0.2) is 48.7 Å². The van der Waals surface area contributed by atoms with Crippen LogP contribution in [0.2, 0.25) is 0 Å². The van der Waals surface area contributed by atoms with Crippen molar-refractivity contribution in [3.8, 4) is 11.1 Å². The molecule has 4 rings (SSSR count). The first kappa shape index (κ1) is 17.8. The van der Waals surface area contributed by atoms with Crippen molar-refractivity contribution in [2.75, 3.05) is 13.1 Å². The van der Waals surface area contributed by atoms with Gasteiger partial charge in [0.15, 0.2) is 0 Å². The number of nitrogens with one attached hydrogen (secondary N) is 1. The minimum absolute atomic E-state index is 0.197. The molecule has 2 heterocycles. The van der Waals surface area contributed by atoms with Crippen molar-refractivity contribution in [2.24, 2.45) is 0 Å². The fourth-order valence-electron chi connectivity index (χ4n) is 3.82. The molecule has 1 aliphatic heterocycles. The fourth-order valence-corrected chi connectivity index (χ4v) is 3.82. The van der Waals surface area contributed by atoms with E-state index in [9.17, 15) is 13.2 Å². The highest BCUT2D eigenvalue weighted by Gasteiger charge is 2.25. The summed E-state index contributed by atoms with van der Waals surface area (Å²) in [4.78, 5) is 2.17. The Kier molecular flexibility index (Phi) is 4.99. The maximum absolute atomic E-state index is 14.0. The Balaban J connectivity index is 1.53. The third kappa shape index (κ3) is 3.90. The first-order chi connectivity index (χ1) is 13.1. The molecule has 2 aromatic carbocycles. The SMILES string of the molecule is Fc1cccc(-c2cn[nH]c2C2CCCN(Cc3ccc(F)cc3F)C2)c1. The zero-order chi connectivity index (χ0) is 18.8. The van der Waals surface area contributed by atoms with E-state index in [4.69, 9.17) is 0 Å². The summed E-state index contributed by atoms with van der Waals surface area (Å²) in [5.41, 5.74) is 3.16. The van der Waals surface area contributed by atoms with E-state index >= 15 is 0 Å². The second-order valence-electron chi connectivity index (χ2n) is 7.02. The minimum Gasteiger partial charge on any atom is -0.298 e. The lowest BCUT2D eigenvalue weighted by Crippen LogP contribution is -2.34. The van der Waals surface area contributed by atoms with Crippen molar-refractivity contribution in [1.29, 1.82) is 0 Å². The topological polar surface area (TPSA) is 31.9 Å². The summed E-state index contributed by atoms with van der Waals surface area (Å²) in [6, 6.07) is 10.2. The Morgan fingerprint density at radius 2 is 1.93 bits per heavy atom. The van der Waals surface area contributed by atoms with Gasteiger partial charge in [0.05, 0.1) is 6.20 Å². The van der Waals surface area contributed by atoms with E-state index in [2.05, 4.69) is 15.1 Å². The van der Waals surface area contributed by atoms with E-state index in [1.54, 1.807) is 12.3 Å². The molecule has 1 aromatic heterocycles. The lowest BCUT2D eigenvalue weighted by molar-refractivity contribution is 0.196. The Hall–Kier alpha value is -2.60. The number of piperidine rings is 1. The van der Waals surface area contributed by atoms with Gasteiger partial charge in [0.1, 0.15) is 17.5 Å². The van der Waals surface area contributed by atoms with Gasteiger partial charge >= 0.3 is 0 Å². The Morgan fingerprint density at radius 3 is 2.74 bits per heavy atom. The quantitative estimate of drug-likeness (QED) is 0.709. The van der Waals surface area contributed by atoms with E-state index < -0.39 is 11.6 Å². The van der Waals surface area contributed by atoms with Gasteiger partial charge in [0.25, 0.3) is 0 Å². The van der Waals surface area contributed by atoms with Crippen molar-refractivity contribution >= 4 is 0 Å². The molecule has 3 nitrogen and oxygen atoms in total. The molecular weight excluding hydrogens is 351 g/mol. The molecule has 0 bridgehead atoms. The van der Waals surface area contributed by atoms with Gasteiger partial charge in [-0.2, -0.15) is 5.10 Å². The molecule has 0 amide bonds. The fraction of sp³-hybridized carbons (Fsp3) is 0.286. The number of benzene rings is 2. The van der Waals surface area contributed by atoms with Crippen LogP contribution in [0.4, 0.5) is 13.2 Å². The lowest BCUT2D eigenvalue weighted by Gasteiger charge is -2.32. The Labute approximate surface area is 155 Å². The normalized spacial score (nSPS) is 18.0. The maximum atomic E-state index is 14.0. The van der Waals surface area contributed by atoms with Crippen molar-refractivity contribution in [3.63, 3.8) is 0 Å². The zero-order valence-corrected chi connectivity index (χ0v) is 14.8. The van der Waals surface area contributed by atoms with Crippen LogP contribution in [0.1, 0.15) is 30.0 Å². The van der Waals surface area contributed by atoms with Crippen LogP contribution in [0.3, 0.4) is 0 Å². The molecule has 1 aliphatic rings. The average molecular weight is 371 g/mol. The van der Waals surface area contributed by atoms with Gasteiger partial charge in [-0.25, -0.2) is 13.2 Å². The van der Waals surface area contributed by atoms with E-state index in [1.165, 1.54) is 24.3 Å². The summed E-state index contributed by atoms with van der Waals surface area (Å²) in [5.74, 6) is -1.16. The van der Waals surface area contributed by atoms with E-state index in [-0.39, 0.29) is 11.7 Å². The van der Waals surface area contributed by atoms with Crippen molar-refractivity contribution < 1.29 is 13.2 Å². The molecule has 6 heteroatoms. The molecule has 140 valence electrons. The zero-order valence-electron chi connectivity index (χ0n) is 14.8. The van der Waals surface area contributed by atoms with Crippen LogP contribution in [-0.2, 0) is 6.54 Å². The summed E-state index contributed by atoms with van der Waals surface area (Å²) in [7, 11) is 0. The van der Waals surface area contributed by atoms with Gasteiger partial charge in [0, 0.05) is 41.9 Å². The lowest BCUT2D eigenvalue weighted by atomic mass is 9.90. The van der Waals surface area contributed by atoms with Gasteiger partial charge in [0.2, 0.25) is 0 Å². The van der Waals surface area contributed by atoms with Gasteiger partial charge in [-0.15, -0.1) is 0 Å². The molecule has 1 saturated heterocycles. The molecular formula is C21H20F3N3. The van der Waals surface area contributed by atoms with Crippen LogP contribution < -0.4 is 0 Å². The summed E-state index contributed by atoms with van der Waals surface area (Å²) < 4.78 is 40.7. The highest BCUT2D eigenvalue weighted by atomic mass is 19.1. The van der Waals surface area contributed by atoms with Crippen molar-refractivity contribution in [2.45, 2.75) is 25.3 Å². The standard InChI is InChI=1S/C21H20F3N3/c22-17-5-1-3-14(9-17)19-11-25-26-21(19)16-4-2-8-27(13-16)12-15-6-7-18(23)10-20(15)24/h1,3,5-7,9-11,16H,2,4,8,12-13H2,(H,25,26). The first-order valence-electron chi connectivity index (χ1n) is 9.05. The molecule has 0 aliphatic carbocycles. The summed E-state index contributed by atoms with van der Waals surface area (Å²) in [5, 5.41) is 7.24. The van der Waals surface area contributed by atoms with Gasteiger partial charge < -0.3 is 0 Å². The van der Waals surface area contributed by atoms with Crippen LogP contribution in [-0.4, -0.2) is 28.2 Å². The molecule has 1 atom stereocenters. The molecule has 0 spiro atoms. The van der Waals surface area contributed by atoms with Crippen LogP contribution in [0.25, 0.3) is 11.1 Å². The van der Waals surface area contributed by atoms with E-state index in [1.807, 2.05) is 6.07 Å². The van der Waals surface area contributed by atoms with Crippen LogP contribution in [0, 0.1) is 17.5 Å². The number of hydrogen-bond acceptors (Lipinski definition) is 2. The highest BCUT2D eigenvalue weighted by Crippen LogP contribution is 2.33. The number of aromatic nitrogens is 2. The predicted octanol–water partition coefficient (Wildman–Crippen LogP) is 4.87. The third-order valence-corrected chi connectivity index (χ3v) is 5.13. The van der Waals surface area contributed by atoms with Crippen LogP contribution >= 0.6 is 0 Å². The molecule has 0 radical (unpaired) electrons. The third-order valence-electron chi connectivity index (χ3n) is 5.13. The number of H-pyrrole nitrogens is 1. The van der Waals surface area contributed by atoms with Gasteiger partial charge in [-0.05, 0) is 43.1 Å². The Morgan fingerprint density at radius 1 is 1.07 bits per heavy atom. The predicted molar refractivity (Wildman–Crippen MR) is 97.6 cm³/mol. The monoisotopic (exact) mass is 371 g/mol. The van der Waals surface area contributed by atoms with Gasteiger partial charge in [-0.1, -0.05) is 18.2 Å². The molecule has 1 N–H and O–H groups in total. The second-order valence-corrected chi connectivity index (χ2v) is 7.02. The van der Waals surface area contributed by atoms with E-state index in [0.29, 0.717) is 12.1 Å². The van der Waals surface area contributed by atoms with Crippen molar-refractivity contribution in [3.05, 3.63) is 77.4 Å². The van der Waals surface area contributed by atoms with Gasteiger partial charge in [-0.3, -0.25) is 10.00 Å². The number of hydrogen-bond donors (Lipinski definition) is 1. The molecule has 1 unspecified atom stereocenters. The number of likely N-dealkylation sites (tertiary alicyclic amines) is 1. The number of rotatable bonds is 4.